The van der Waals surface area contributed by atoms with Crippen molar-refractivity contribution in [2.24, 2.45) is 16.9 Å². The number of imide groups is 1. The highest BCUT2D eigenvalue weighted by atomic mass is 16.2. The van der Waals surface area contributed by atoms with Gasteiger partial charge in [-0.3, -0.25) is 19.3 Å². The van der Waals surface area contributed by atoms with Gasteiger partial charge in [-0.2, -0.15) is 5.10 Å². The number of nitrogens with zero attached hydrogens (tertiary/aromatic N) is 3. The molecule has 2 aliphatic heterocycles. The Hall–Kier alpha value is -4.06. The molecule has 1 fully saturated rings. The Morgan fingerprint density at radius 1 is 0.829 bits per heavy atom. The summed E-state index contributed by atoms with van der Waals surface area (Å²) in [5, 5.41) is 8.47. The van der Waals surface area contributed by atoms with E-state index in [4.69, 9.17) is 5.10 Å². The van der Waals surface area contributed by atoms with Crippen molar-refractivity contribution >= 4 is 34.2 Å². The minimum absolute atomic E-state index is 0.244. The SMILES string of the molecule is O=C1[C@@H]2CC=CC[C@H]2C(=O)N1CC(=O)N1N=C(c2ccc3ccccc3c2)C[C@H]1c1ccccc1. The van der Waals surface area contributed by atoms with Crippen molar-refractivity contribution in [3.05, 3.63) is 96.1 Å². The molecule has 1 aliphatic carbocycles. The molecule has 35 heavy (non-hydrogen) atoms. The predicted molar refractivity (Wildman–Crippen MR) is 133 cm³/mol. The first-order valence-corrected chi connectivity index (χ1v) is 12.0. The van der Waals surface area contributed by atoms with Crippen LogP contribution in [0, 0.1) is 11.8 Å². The molecule has 3 aromatic carbocycles. The number of carbonyl (C=O) groups excluding carboxylic acids is 3. The molecule has 6 nitrogen and oxygen atoms in total. The van der Waals surface area contributed by atoms with Crippen LogP contribution in [-0.2, 0) is 14.4 Å². The molecule has 1 saturated heterocycles. The minimum Gasteiger partial charge on any atom is -0.274 e. The summed E-state index contributed by atoms with van der Waals surface area (Å²) in [7, 11) is 0. The number of rotatable bonds is 4. The minimum atomic E-state index is -0.347. The molecule has 0 unspecified atom stereocenters. The van der Waals surface area contributed by atoms with Gasteiger partial charge < -0.3 is 0 Å². The van der Waals surface area contributed by atoms with E-state index in [9.17, 15) is 14.4 Å². The molecule has 0 saturated carbocycles. The van der Waals surface area contributed by atoms with Crippen LogP contribution in [0.1, 0.15) is 36.4 Å². The lowest BCUT2D eigenvalue weighted by Gasteiger charge is -2.24. The Kier molecular flexibility index (Phi) is 5.29. The van der Waals surface area contributed by atoms with Crippen molar-refractivity contribution in [3.63, 3.8) is 0 Å². The molecule has 0 N–H and O–H groups in total. The average molecular weight is 464 g/mol. The average Bonchev–Trinajstić information content (AvgIpc) is 3.45. The summed E-state index contributed by atoms with van der Waals surface area (Å²) in [4.78, 5) is 40.5. The summed E-state index contributed by atoms with van der Waals surface area (Å²) in [5.74, 6) is -1.53. The Morgan fingerprint density at radius 2 is 1.49 bits per heavy atom. The van der Waals surface area contributed by atoms with E-state index in [1.807, 2.05) is 60.7 Å². The fourth-order valence-electron chi connectivity index (χ4n) is 5.45. The van der Waals surface area contributed by atoms with Crippen molar-refractivity contribution < 1.29 is 14.4 Å². The van der Waals surface area contributed by atoms with E-state index in [0.29, 0.717) is 19.3 Å². The zero-order chi connectivity index (χ0) is 23.9. The molecule has 0 bridgehead atoms. The van der Waals surface area contributed by atoms with Crippen LogP contribution in [0.3, 0.4) is 0 Å². The molecule has 3 atom stereocenters. The third-order valence-electron chi connectivity index (χ3n) is 7.33. The summed E-state index contributed by atoms with van der Waals surface area (Å²) < 4.78 is 0. The fourth-order valence-corrected chi connectivity index (χ4v) is 5.45. The molecule has 6 heteroatoms. The van der Waals surface area contributed by atoms with Gasteiger partial charge in [0.2, 0.25) is 11.8 Å². The Bertz CT molecular complexity index is 1370. The van der Waals surface area contributed by atoms with Gasteiger partial charge in [-0.05, 0) is 40.8 Å². The maximum absolute atomic E-state index is 13.5. The molecule has 174 valence electrons. The number of fused-ring (bicyclic) bond motifs is 2. The maximum Gasteiger partial charge on any atom is 0.263 e. The molecule has 0 aromatic heterocycles. The van der Waals surface area contributed by atoms with Gasteiger partial charge in [0.15, 0.2) is 0 Å². The van der Waals surface area contributed by atoms with Crippen LogP contribution in [0.15, 0.2) is 90.0 Å². The highest BCUT2D eigenvalue weighted by Crippen LogP contribution is 2.37. The number of likely N-dealkylation sites (tertiary alicyclic amines) is 1. The molecule has 3 amide bonds. The normalized spacial score (nSPS) is 23.7. The van der Waals surface area contributed by atoms with Crippen LogP contribution in [0.25, 0.3) is 10.8 Å². The van der Waals surface area contributed by atoms with Crippen LogP contribution in [0.4, 0.5) is 0 Å². The molecule has 6 rings (SSSR count). The molecular weight excluding hydrogens is 438 g/mol. The van der Waals surface area contributed by atoms with Gasteiger partial charge in [0.25, 0.3) is 5.91 Å². The van der Waals surface area contributed by atoms with E-state index in [0.717, 1.165) is 32.5 Å². The first-order chi connectivity index (χ1) is 17.1. The van der Waals surface area contributed by atoms with Crippen LogP contribution < -0.4 is 0 Å². The number of carbonyl (C=O) groups is 3. The Morgan fingerprint density at radius 3 is 2.20 bits per heavy atom. The van der Waals surface area contributed by atoms with Crippen LogP contribution in [-0.4, -0.2) is 39.9 Å². The van der Waals surface area contributed by atoms with Gasteiger partial charge >= 0.3 is 0 Å². The van der Waals surface area contributed by atoms with Crippen molar-refractivity contribution in [1.29, 1.82) is 0 Å². The van der Waals surface area contributed by atoms with Gasteiger partial charge in [-0.25, -0.2) is 5.01 Å². The predicted octanol–water partition coefficient (Wildman–Crippen LogP) is 4.47. The van der Waals surface area contributed by atoms with Crippen molar-refractivity contribution in [2.45, 2.75) is 25.3 Å². The lowest BCUT2D eigenvalue weighted by Crippen LogP contribution is -2.41. The Labute approximate surface area is 203 Å². The fraction of sp³-hybridized carbons (Fsp3) is 0.241. The number of hydrogen-bond donors (Lipinski definition) is 0. The largest absolute Gasteiger partial charge is 0.274 e. The summed E-state index contributed by atoms with van der Waals surface area (Å²) in [6.07, 6.45) is 5.57. The van der Waals surface area contributed by atoms with Gasteiger partial charge in [0.05, 0.1) is 23.6 Å². The first kappa shape index (κ1) is 21.5. The first-order valence-electron chi connectivity index (χ1n) is 12.0. The highest BCUT2D eigenvalue weighted by Gasteiger charge is 2.48. The summed E-state index contributed by atoms with van der Waals surface area (Å²) >= 11 is 0. The van der Waals surface area contributed by atoms with E-state index in [-0.39, 0.29) is 42.1 Å². The second kappa shape index (κ2) is 8.62. The second-order valence-corrected chi connectivity index (χ2v) is 9.40. The van der Waals surface area contributed by atoms with E-state index < -0.39 is 0 Å². The van der Waals surface area contributed by atoms with Crippen molar-refractivity contribution in [1.82, 2.24) is 9.91 Å². The molecule has 2 heterocycles. The summed E-state index contributed by atoms with van der Waals surface area (Å²) in [6, 6.07) is 23.8. The molecule has 0 spiro atoms. The van der Waals surface area contributed by atoms with Crippen LogP contribution >= 0.6 is 0 Å². The highest BCUT2D eigenvalue weighted by molar-refractivity contribution is 6.09. The molecule has 3 aliphatic rings. The third kappa shape index (κ3) is 3.75. The number of hydrazone groups is 1. The molecule has 0 radical (unpaired) electrons. The third-order valence-corrected chi connectivity index (χ3v) is 7.33. The van der Waals surface area contributed by atoms with Gasteiger partial charge in [0, 0.05) is 6.42 Å². The monoisotopic (exact) mass is 463 g/mol. The van der Waals surface area contributed by atoms with E-state index in [1.54, 1.807) is 0 Å². The zero-order valence-corrected chi connectivity index (χ0v) is 19.2. The number of amides is 3. The van der Waals surface area contributed by atoms with Gasteiger partial charge in [-0.1, -0.05) is 78.9 Å². The number of benzene rings is 3. The molecular formula is C29H25N3O3. The van der Waals surface area contributed by atoms with Crippen molar-refractivity contribution in [3.8, 4) is 0 Å². The summed E-state index contributed by atoms with van der Waals surface area (Å²) in [6.45, 7) is -0.275. The lowest BCUT2D eigenvalue weighted by molar-refractivity contribution is -0.147. The standard InChI is InChI=1S/C29H25N3O3/c33-27(18-31-28(34)23-12-6-7-13-24(23)29(31)35)32-26(20-9-2-1-3-10-20)17-25(30-32)22-15-14-19-8-4-5-11-21(19)16-22/h1-11,14-16,23-24,26H,12-13,17-18H2/t23-,24-,26+/m1/s1. The quantitative estimate of drug-likeness (QED) is 0.424. The van der Waals surface area contributed by atoms with Crippen LogP contribution in [0.5, 0.6) is 0 Å². The van der Waals surface area contributed by atoms with E-state index >= 15 is 0 Å². The Balaban J connectivity index is 1.31. The van der Waals surface area contributed by atoms with Crippen molar-refractivity contribution in [2.75, 3.05) is 6.54 Å². The number of allylic oxidation sites excluding steroid dienone is 2. The van der Waals surface area contributed by atoms with Gasteiger partial charge in [0.1, 0.15) is 6.54 Å². The topological polar surface area (TPSA) is 70.1 Å². The van der Waals surface area contributed by atoms with E-state index in [2.05, 4.69) is 24.3 Å². The zero-order valence-electron chi connectivity index (χ0n) is 19.2. The summed E-state index contributed by atoms with van der Waals surface area (Å²) in [5.41, 5.74) is 2.75. The molecule has 3 aromatic rings. The van der Waals surface area contributed by atoms with E-state index in [1.165, 1.54) is 5.01 Å². The maximum atomic E-state index is 13.5. The van der Waals surface area contributed by atoms with Gasteiger partial charge in [-0.15, -0.1) is 0 Å². The smallest absolute Gasteiger partial charge is 0.263 e. The van der Waals surface area contributed by atoms with Crippen LogP contribution in [0.2, 0.25) is 0 Å². The number of hydrogen-bond acceptors (Lipinski definition) is 4. The lowest BCUT2D eigenvalue weighted by atomic mass is 9.85. The second-order valence-electron chi connectivity index (χ2n) is 9.40.